The van der Waals surface area contributed by atoms with E-state index in [1.54, 1.807) is 7.11 Å². The van der Waals surface area contributed by atoms with E-state index in [1.807, 2.05) is 0 Å². The number of ether oxygens (including phenoxy) is 1. The molecule has 14 heavy (non-hydrogen) atoms. The van der Waals surface area contributed by atoms with Crippen molar-refractivity contribution >= 4 is 17.2 Å². The second kappa shape index (κ2) is 4.55. The average Bonchev–Trinajstić information content (AvgIpc) is 2.18. The van der Waals surface area contributed by atoms with Gasteiger partial charge in [-0.2, -0.15) is 0 Å². The largest absolute Gasteiger partial charge is 0.392 e. The molecule has 1 aliphatic rings. The van der Waals surface area contributed by atoms with Crippen LogP contribution in [-0.4, -0.2) is 41.7 Å². The van der Waals surface area contributed by atoms with E-state index in [1.165, 1.54) is 0 Å². The molecule has 0 saturated carbocycles. The summed E-state index contributed by atoms with van der Waals surface area (Å²) in [7, 11) is 1.78. The zero-order valence-corrected chi connectivity index (χ0v) is 10.1. The standard InChI is InChI=1S/C10H20N2OS/c1-8(9(11)14)12-6-4-10(2,13-3)5-7-12/h8H,4-7H2,1-3H3,(H2,11,14). The molecule has 1 rings (SSSR count). The molecule has 1 unspecified atom stereocenters. The molecule has 82 valence electrons. The lowest BCUT2D eigenvalue weighted by atomic mass is 9.92. The molecule has 1 heterocycles. The third-order valence-electron chi connectivity index (χ3n) is 3.31. The minimum atomic E-state index is 0.0481. The Balaban J connectivity index is 2.47. The van der Waals surface area contributed by atoms with Gasteiger partial charge in [-0.3, -0.25) is 4.90 Å². The third kappa shape index (κ3) is 2.65. The van der Waals surface area contributed by atoms with Crippen LogP contribution in [0.25, 0.3) is 0 Å². The van der Waals surface area contributed by atoms with Gasteiger partial charge in [0.1, 0.15) is 0 Å². The van der Waals surface area contributed by atoms with Crippen molar-refractivity contribution < 1.29 is 4.74 Å². The Hall–Kier alpha value is -0.190. The van der Waals surface area contributed by atoms with Crippen molar-refractivity contribution in [2.45, 2.75) is 38.3 Å². The smallest absolute Gasteiger partial charge is 0.0899 e. The molecule has 0 aromatic heterocycles. The van der Waals surface area contributed by atoms with Crippen LogP contribution in [0.1, 0.15) is 26.7 Å². The molecular formula is C10H20N2OS. The van der Waals surface area contributed by atoms with Gasteiger partial charge in [-0.05, 0) is 26.7 Å². The lowest BCUT2D eigenvalue weighted by Crippen LogP contribution is -2.50. The van der Waals surface area contributed by atoms with Gasteiger partial charge < -0.3 is 10.5 Å². The highest BCUT2D eigenvalue weighted by atomic mass is 32.1. The summed E-state index contributed by atoms with van der Waals surface area (Å²) in [5.41, 5.74) is 5.67. The molecule has 1 saturated heterocycles. The van der Waals surface area contributed by atoms with E-state index in [0.29, 0.717) is 4.99 Å². The van der Waals surface area contributed by atoms with Crippen LogP contribution in [0, 0.1) is 0 Å². The first kappa shape index (κ1) is 11.9. The minimum absolute atomic E-state index is 0.0481. The van der Waals surface area contributed by atoms with Gasteiger partial charge in [-0.25, -0.2) is 0 Å². The fourth-order valence-electron chi connectivity index (χ4n) is 1.77. The molecule has 4 heteroatoms. The first-order valence-corrected chi connectivity index (χ1v) is 5.48. The summed E-state index contributed by atoms with van der Waals surface area (Å²) in [5, 5.41) is 0. The van der Waals surface area contributed by atoms with Crippen molar-refractivity contribution in [1.29, 1.82) is 0 Å². The molecule has 0 aromatic carbocycles. The van der Waals surface area contributed by atoms with E-state index in [0.717, 1.165) is 25.9 Å². The zero-order chi connectivity index (χ0) is 10.8. The Morgan fingerprint density at radius 2 is 2.00 bits per heavy atom. The SMILES string of the molecule is COC1(C)CCN(C(C)C(N)=S)CC1. The quantitative estimate of drug-likeness (QED) is 0.719. The lowest BCUT2D eigenvalue weighted by Gasteiger charge is -2.40. The maximum atomic E-state index is 5.63. The Kier molecular flexibility index (Phi) is 3.86. The van der Waals surface area contributed by atoms with Crippen molar-refractivity contribution in [3.63, 3.8) is 0 Å². The molecule has 1 aliphatic heterocycles. The van der Waals surface area contributed by atoms with Crippen molar-refractivity contribution in [3.05, 3.63) is 0 Å². The summed E-state index contributed by atoms with van der Waals surface area (Å²) in [5.74, 6) is 0. The maximum Gasteiger partial charge on any atom is 0.0899 e. The van der Waals surface area contributed by atoms with Gasteiger partial charge in [0.2, 0.25) is 0 Å². The van der Waals surface area contributed by atoms with Gasteiger partial charge in [0.15, 0.2) is 0 Å². The molecule has 3 nitrogen and oxygen atoms in total. The number of nitrogens with two attached hydrogens (primary N) is 1. The number of hydrogen-bond acceptors (Lipinski definition) is 3. The molecule has 0 aromatic rings. The topological polar surface area (TPSA) is 38.5 Å². The highest BCUT2D eigenvalue weighted by molar-refractivity contribution is 7.80. The van der Waals surface area contributed by atoms with Gasteiger partial charge >= 0.3 is 0 Å². The van der Waals surface area contributed by atoms with Gasteiger partial charge in [0.25, 0.3) is 0 Å². The summed E-state index contributed by atoms with van der Waals surface area (Å²) in [6.07, 6.45) is 2.10. The third-order valence-corrected chi connectivity index (χ3v) is 3.65. The van der Waals surface area contributed by atoms with E-state index in [-0.39, 0.29) is 11.6 Å². The normalized spacial score (nSPS) is 24.5. The van der Waals surface area contributed by atoms with Crippen LogP contribution in [0.2, 0.25) is 0 Å². The van der Waals surface area contributed by atoms with E-state index in [4.69, 9.17) is 22.7 Å². The number of piperidine rings is 1. The molecule has 1 atom stereocenters. The number of thiocarbonyl (C=S) groups is 1. The number of likely N-dealkylation sites (tertiary alicyclic amines) is 1. The average molecular weight is 216 g/mol. The number of methoxy groups -OCH3 is 1. The second-order valence-corrected chi connectivity index (χ2v) is 4.74. The number of rotatable bonds is 3. The van der Waals surface area contributed by atoms with E-state index < -0.39 is 0 Å². The zero-order valence-electron chi connectivity index (χ0n) is 9.25. The molecule has 2 N–H and O–H groups in total. The molecule has 1 fully saturated rings. The molecular weight excluding hydrogens is 196 g/mol. The monoisotopic (exact) mass is 216 g/mol. The van der Waals surface area contributed by atoms with Gasteiger partial charge in [-0.15, -0.1) is 0 Å². The lowest BCUT2D eigenvalue weighted by molar-refractivity contribution is -0.0447. The second-order valence-electron chi connectivity index (χ2n) is 4.27. The van der Waals surface area contributed by atoms with Crippen LogP contribution in [0.5, 0.6) is 0 Å². The molecule has 0 spiro atoms. The van der Waals surface area contributed by atoms with Crippen LogP contribution in [-0.2, 0) is 4.74 Å². The summed E-state index contributed by atoms with van der Waals surface area (Å²) in [6, 6.07) is 0.214. The Labute approximate surface area is 91.6 Å². The maximum absolute atomic E-state index is 5.63. The first-order chi connectivity index (χ1) is 6.48. The molecule has 0 radical (unpaired) electrons. The summed E-state index contributed by atoms with van der Waals surface area (Å²) >= 11 is 4.99. The van der Waals surface area contributed by atoms with Crippen molar-refractivity contribution in [2.24, 2.45) is 5.73 Å². The summed E-state index contributed by atoms with van der Waals surface area (Å²) in [4.78, 5) is 2.91. The number of nitrogens with zero attached hydrogens (tertiary/aromatic N) is 1. The van der Waals surface area contributed by atoms with Crippen LogP contribution in [0.4, 0.5) is 0 Å². The van der Waals surface area contributed by atoms with Crippen LogP contribution in [0.15, 0.2) is 0 Å². The Bertz CT molecular complexity index is 212. The van der Waals surface area contributed by atoms with E-state index >= 15 is 0 Å². The Morgan fingerprint density at radius 3 is 2.36 bits per heavy atom. The molecule has 0 bridgehead atoms. The predicted octanol–water partition coefficient (Wildman–Crippen LogP) is 1.16. The summed E-state index contributed by atoms with van der Waals surface area (Å²) in [6.45, 7) is 6.26. The van der Waals surface area contributed by atoms with Gasteiger partial charge in [0, 0.05) is 20.2 Å². The van der Waals surface area contributed by atoms with Crippen LogP contribution in [0.3, 0.4) is 0 Å². The van der Waals surface area contributed by atoms with Gasteiger partial charge in [0.05, 0.1) is 16.6 Å². The highest BCUT2D eigenvalue weighted by Gasteiger charge is 2.31. The minimum Gasteiger partial charge on any atom is -0.392 e. The van der Waals surface area contributed by atoms with E-state index in [9.17, 15) is 0 Å². The van der Waals surface area contributed by atoms with Crippen molar-refractivity contribution in [2.75, 3.05) is 20.2 Å². The fourth-order valence-corrected chi connectivity index (χ4v) is 1.92. The molecule has 0 amide bonds. The number of hydrogen-bond donors (Lipinski definition) is 1. The van der Waals surface area contributed by atoms with Crippen molar-refractivity contribution in [1.82, 2.24) is 4.90 Å². The highest BCUT2D eigenvalue weighted by Crippen LogP contribution is 2.25. The first-order valence-electron chi connectivity index (χ1n) is 5.07. The van der Waals surface area contributed by atoms with Crippen molar-refractivity contribution in [3.8, 4) is 0 Å². The van der Waals surface area contributed by atoms with E-state index in [2.05, 4.69) is 18.7 Å². The van der Waals surface area contributed by atoms with Crippen LogP contribution < -0.4 is 5.73 Å². The summed E-state index contributed by atoms with van der Waals surface area (Å²) < 4.78 is 5.48. The predicted molar refractivity (Wildman–Crippen MR) is 62.5 cm³/mol. The van der Waals surface area contributed by atoms with Gasteiger partial charge in [-0.1, -0.05) is 12.2 Å². The van der Waals surface area contributed by atoms with Crippen LogP contribution >= 0.6 is 12.2 Å². The fraction of sp³-hybridized carbons (Fsp3) is 0.900. The molecule has 0 aliphatic carbocycles. The Morgan fingerprint density at radius 1 is 1.50 bits per heavy atom.